The van der Waals surface area contributed by atoms with Gasteiger partial charge in [-0.15, -0.1) is 5.10 Å². The summed E-state index contributed by atoms with van der Waals surface area (Å²) in [6.07, 6.45) is 0.525. The summed E-state index contributed by atoms with van der Waals surface area (Å²) in [5.74, 6) is -1.61. The molecule has 1 unspecified atom stereocenters. The van der Waals surface area contributed by atoms with Gasteiger partial charge in [0.25, 0.3) is 5.95 Å². The van der Waals surface area contributed by atoms with Gasteiger partial charge in [-0.2, -0.15) is 9.49 Å². The highest BCUT2D eigenvalue weighted by atomic mass is 19.1. The maximum absolute atomic E-state index is 13.4. The number of hydrogen-bond acceptors (Lipinski definition) is 6. The number of carbonyl (C=O) groups is 2. The number of nitrogens with two attached hydrogens (primary N) is 1. The van der Waals surface area contributed by atoms with Crippen LogP contribution in [0.1, 0.15) is 18.5 Å². The molecule has 7 nitrogen and oxygen atoms in total. The Morgan fingerprint density at radius 3 is 2.94 bits per heavy atom. The molecule has 1 atom stereocenters. The maximum atomic E-state index is 13.4. The molecule has 8 heteroatoms. The van der Waals surface area contributed by atoms with Gasteiger partial charge in [-0.3, -0.25) is 14.9 Å². The Morgan fingerprint density at radius 1 is 1.50 bits per heavy atom. The predicted molar refractivity (Wildman–Crippen MR) is 59.7 cm³/mol. The van der Waals surface area contributed by atoms with Crippen molar-refractivity contribution in [3.05, 3.63) is 17.7 Å². The van der Waals surface area contributed by atoms with Crippen molar-refractivity contribution >= 4 is 17.5 Å². The number of carbonyl (C=O) groups excluding carboxylic acids is 2. The maximum Gasteiger partial charge on any atom is 0.256 e. The van der Waals surface area contributed by atoms with Gasteiger partial charge >= 0.3 is 0 Å². The van der Waals surface area contributed by atoms with Gasteiger partial charge in [0.1, 0.15) is 6.04 Å². The third-order valence-corrected chi connectivity index (χ3v) is 2.58. The molecule has 2 heterocycles. The first kappa shape index (κ1) is 12.4. The topological polar surface area (TPSA) is 110 Å². The van der Waals surface area contributed by atoms with Crippen molar-refractivity contribution in [3.8, 4) is 0 Å². The Hall–Kier alpha value is -2.09. The first-order valence-electron chi connectivity index (χ1n) is 5.42. The molecule has 1 aromatic rings. The van der Waals surface area contributed by atoms with E-state index in [4.69, 9.17) is 5.73 Å². The third-order valence-electron chi connectivity index (χ3n) is 2.58. The van der Waals surface area contributed by atoms with Gasteiger partial charge in [0.05, 0.1) is 11.4 Å². The minimum absolute atomic E-state index is 0.0555. The zero-order valence-electron chi connectivity index (χ0n) is 9.44. The average molecular weight is 253 g/mol. The lowest BCUT2D eigenvalue weighted by Gasteiger charge is -2.22. The van der Waals surface area contributed by atoms with Gasteiger partial charge in [-0.1, -0.05) is 0 Å². The van der Waals surface area contributed by atoms with Crippen LogP contribution < -0.4 is 16.4 Å². The molecule has 4 N–H and O–H groups in total. The average Bonchev–Trinajstić information content (AvgIpc) is 2.35. The predicted octanol–water partition coefficient (Wildman–Crippen LogP) is -0.709. The summed E-state index contributed by atoms with van der Waals surface area (Å²) < 4.78 is 13.4. The lowest BCUT2D eigenvalue weighted by atomic mass is 10.1. The van der Waals surface area contributed by atoms with Gasteiger partial charge in [0, 0.05) is 13.0 Å². The van der Waals surface area contributed by atoms with E-state index in [1.54, 1.807) is 0 Å². The van der Waals surface area contributed by atoms with E-state index in [2.05, 4.69) is 20.8 Å². The number of piperidine rings is 1. The fourth-order valence-electron chi connectivity index (χ4n) is 1.64. The van der Waals surface area contributed by atoms with E-state index < -0.39 is 17.9 Å². The van der Waals surface area contributed by atoms with Crippen LogP contribution in [0.15, 0.2) is 6.07 Å². The number of amides is 2. The van der Waals surface area contributed by atoms with Gasteiger partial charge in [0.15, 0.2) is 0 Å². The van der Waals surface area contributed by atoms with E-state index in [9.17, 15) is 14.0 Å². The fourth-order valence-corrected chi connectivity index (χ4v) is 1.64. The monoisotopic (exact) mass is 253 g/mol. The molecule has 18 heavy (non-hydrogen) atoms. The van der Waals surface area contributed by atoms with Crippen LogP contribution in [0.3, 0.4) is 0 Å². The highest BCUT2D eigenvalue weighted by Gasteiger charge is 2.27. The zero-order chi connectivity index (χ0) is 13.1. The van der Waals surface area contributed by atoms with E-state index in [-0.39, 0.29) is 24.6 Å². The summed E-state index contributed by atoms with van der Waals surface area (Å²) >= 11 is 0. The highest BCUT2D eigenvalue weighted by Crippen LogP contribution is 2.16. The Labute approximate surface area is 102 Å². The Kier molecular flexibility index (Phi) is 3.47. The number of aromatic nitrogens is 2. The molecular formula is C10H12FN5O2. The van der Waals surface area contributed by atoms with Gasteiger partial charge in [-0.25, -0.2) is 0 Å². The van der Waals surface area contributed by atoms with Crippen molar-refractivity contribution in [2.24, 2.45) is 5.73 Å². The number of nitrogens with one attached hydrogen (secondary N) is 2. The van der Waals surface area contributed by atoms with Crippen molar-refractivity contribution in [1.29, 1.82) is 0 Å². The second-order valence-corrected chi connectivity index (χ2v) is 3.89. The highest BCUT2D eigenvalue weighted by molar-refractivity contribution is 6.01. The molecule has 2 rings (SSSR count). The summed E-state index contributed by atoms with van der Waals surface area (Å²) in [6, 6.07) is 0.735. The van der Waals surface area contributed by atoms with E-state index >= 15 is 0 Å². The Balaban J connectivity index is 2.13. The number of imide groups is 1. The standard InChI is InChI=1S/C10H12FN5O2/c11-9-7(3-5(4-12)15-16-9)13-6-1-2-8(17)14-10(6)18/h3,6H,1-2,4,12H2,(H,13,15)(H,14,17,18). The smallest absolute Gasteiger partial charge is 0.256 e. The van der Waals surface area contributed by atoms with E-state index in [1.807, 2.05) is 0 Å². The van der Waals surface area contributed by atoms with Crippen LogP contribution >= 0.6 is 0 Å². The van der Waals surface area contributed by atoms with Crippen LogP contribution in [0.5, 0.6) is 0 Å². The second-order valence-electron chi connectivity index (χ2n) is 3.89. The largest absolute Gasteiger partial charge is 0.370 e. The van der Waals surface area contributed by atoms with Gasteiger partial charge in [-0.05, 0) is 12.5 Å². The molecule has 1 aliphatic heterocycles. The van der Waals surface area contributed by atoms with Crippen LogP contribution in [-0.4, -0.2) is 28.1 Å². The van der Waals surface area contributed by atoms with Gasteiger partial charge < -0.3 is 11.1 Å². The molecule has 0 aliphatic carbocycles. The lowest BCUT2D eigenvalue weighted by Crippen LogP contribution is -2.47. The van der Waals surface area contributed by atoms with Gasteiger partial charge in [0.2, 0.25) is 11.8 Å². The molecule has 1 aromatic heterocycles. The van der Waals surface area contributed by atoms with Crippen LogP contribution in [0.25, 0.3) is 0 Å². The van der Waals surface area contributed by atoms with Crippen LogP contribution in [0.4, 0.5) is 10.1 Å². The first-order chi connectivity index (χ1) is 8.60. The molecule has 96 valence electrons. The molecule has 0 bridgehead atoms. The van der Waals surface area contributed by atoms with Crippen molar-refractivity contribution < 1.29 is 14.0 Å². The van der Waals surface area contributed by atoms with Crippen LogP contribution in [0.2, 0.25) is 0 Å². The fraction of sp³-hybridized carbons (Fsp3) is 0.400. The molecule has 0 saturated carbocycles. The van der Waals surface area contributed by atoms with Crippen molar-refractivity contribution in [3.63, 3.8) is 0 Å². The zero-order valence-corrected chi connectivity index (χ0v) is 9.44. The number of halogens is 1. The summed E-state index contributed by atoms with van der Waals surface area (Å²) in [7, 11) is 0. The van der Waals surface area contributed by atoms with E-state index in [0.29, 0.717) is 12.1 Å². The molecule has 1 fully saturated rings. The van der Waals surface area contributed by atoms with Crippen molar-refractivity contribution in [2.75, 3.05) is 5.32 Å². The van der Waals surface area contributed by atoms with Crippen LogP contribution in [0, 0.1) is 5.95 Å². The normalized spacial score (nSPS) is 19.6. The molecule has 0 spiro atoms. The van der Waals surface area contributed by atoms with Crippen molar-refractivity contribution in [1.82, 2.24) is 15.5 Å². The first-order valence-corrected chi connectivity index (χ1v) is 5.42. The Bertz CT molecular complexity index is 493. The minimum atomic E-state index is -0.808. The number of anilines is 1. The van der Waals surface area contributed by atoms with Crippen molar-refractivity contribution in [2.45, 2.75) is 25.4 Å². The summed E-state index contributed by atoms with van der Waals surface area (Å²) in [4.78, 5) is 22.5. The summed E-state index contributed by atoms with van der Waals surface area (Å²) in [5, 5.41) is 11.7. The van der Waals surface area contributed by atoms with Crippen LogP contribution in [-0.2, 0) is 16.1 Å². The molecule has 0 radical (unpaired) electrons. The molecule has 1 aliphatic rings. The quantitative estimate of drug-likeness (QED) is 0.614. The molecular weight excluding hydrogens is 241 g/mol. The summed E-state index contributed by atoms with van der Waals surface area (Å²) in [6.45, 7) is 0.122. The minimum Gasteiger partial charge on any atom is -0.370 e. The summed E-state index contributed by atoms with van der Waals surface area (Å²) in [5.41, 5.74) is 5.83. The Morgan fingerprint density at radius 2 is 2.28 bits per heavy atom. The van der Waals surface area contributed by atoms with E-state index in [1.165, 1.54) is 6.07 Å². The number of rotatable bonds is 3. The SMILES string of the molecule is NCc1cc(NC2CCC(=O)NC2=O)c(F)nn1. The third kappa shape index (κ3) is 2.59. The molecule has 1 saturated heterocycles. The number of nitrogens with zero attached hydrogens (tertiary/aromatic N) is 2. The van der Waals surface area contributed by atoms with E-state index in [0.717, 1.165) is 0 Å². The second kappa shape index (κ2) is 5.05. The number of hydrogen-bond donors (Lipinski definition) is 3. The molecule has 0 aromatic carbocycles. The molecule has 2 amide bonds. The lowest BCUT2D eigenvalue weighted by molar-refractivity contribution is -0.133.